The minimum absolute atomic E-state index is 0.108. The van der Waals surface area contributed by atoms with Crippen LogP contribution in [0.2, 0.25) is 0 Å². The maximum Gasteiger partial charge on any atom is 0.107 e. The van der Waals surface area contributed by atoms with Gasteiger partial charge in [-0.25, -0.2) is 4.98 Å². The second kappa shape index (κ2) is 3.03. The first-order valence-electron chi connectivity index (χ1n) is 5.33. The summed E-state index contributed by atoms with van der Waals surface area (Å²) in [5, 5.41) is 0. The van der Waals surface area contributed by atoms with E-state index in [4.69, 9.17) is 5.73 Å². The van der Waals surface area contributed by atoms with Crippen LogP contribution < -0.4 is 5.73 Å². The quantitative estimate of drug-likeness (QED) is 0.790. The van der Waals surface area contributed by atoms with E-state index in [0.717, 1.165) is 42.5 Å². The molecule has 0 unspecified atom stereocenters. The Kier molecular flexibility index (Phi) is 1.79. The van der Waals surface area contributed by atoms with Crippen molar-refractivity contribution in [1.82, 2.24) is 15.0 Å². The molecule has 0 amide bonds. The monoisotopic (exact) mass is 202 g/mol. The molecule has 0 aliphatic heterocycles. The predicted molar refractivity (Wildman–Crippen MR) is 58.4 cm³/mol. The van der Waals surface area contributed by atoms with Crippen LogP contribution in [0.3, 0.4) is 0 Å². The first-order chi connectivity index (χ1) is 7.25. The molecule has 1 aliphatic rings. The Morgan fingerprint density at radius 3 is 3.07 bits per heavy atom. The summed E-state index contributed by atoms with van der Waals surface area (Å²) >= 11 is 0. The number of fused-ring (bicyclic) bond motifs is 1. The number of hydrogen-bond donors (Lipinski definition) is 2. The Morgan fingerprint density at radius 2 is 2.33 bits per heavy atom. The number of nitrogens with one attached hydrogen (secondary N) is 1. The molecule has 4 heteroatoms. The SMILES string of the molecule is NC1(CCc2nc3ccncc3[nH]2)CC1. The maximum absolute atomic E-state index is 6.03. The van der Waals surface area contributed by atoms with E-state index in [9.17, 15) is 0 Å². The summed E-state index contributed by atoms with van der Waals surface area (Å²) < 4.78 is 0. The second-order valence-electron chi connectivity index (χ2n) is 4.44. The largest absolute Gasteiger partial charge is 0.341 e. The number of nitrogens with zero attached hydrogens (tertiary/aromatic N) is 2. The third-order valence-corrected chi connectivity index (χ3v) is 3.08. The normalized spacial score (nSPS) is 18.2. The zero-order chi connectivity index (χ0) is 10.3. The van der Waals surface area contributed by atoms with Gasteiger partial charge in [0.2, 0.25) is 0 Å². The van der Waals surface area contributed by atoms with Crippen LogP contribution >= 0.6 is 0 Å². The van der Waals surface area contributed by atoms with Gasteiger partial charge in [-0.15, -0.1) is 0 Å². The van der Waals surface area contributed by atoms with Crippen LogP contribution in [0, 0.1) is 0 Å². The van der Waals surface area contributed by atoms with Crippen LogP contribution in [0.25, 0.3) is 11.0 Å². The topological polar surface area (TPSA) is 67.6 Å². The molecule has 0 bridgehead atoms. The lowest BCUT2D eigenvalue weighted by Crippen LogP contribution is -2.22. The predicted octanol–water partition coefficient (Wildman–Crippen LogP) is 1.38. The molecule has 0 saturated heterocycles. The summed E-state index contributed by atoms with van der Waals surface area (Å²) in [6.07, 6.45) is 7.86. The van der Waals surface area contributed by atoms with Crippen LogP contribution in [-0.4, -0.2) is 20.5 Å². The number of aromatic nitrogens is 3. The fourth-order valence-corrected chi connectivity index (χ4v) is 1.81. The van der Waals surface area contributed by atoms with Crippen molar-refractivity contribution in [1.29, 1.82) is 0 Å². The van der Waals surface area contributed by atoms with Crippen LogP contribution in [0.4, 0.5) is 0 Å². The van der Waals surface area contributed by atoms with Gasteiger partial charge in [0.05, 0.1) is 17.2 Å². The third-order valence-electron chi connectivity index (χ3n) is 3.08. The molecular formula is C11H14N4. The van der Waals surface area contributed by atoms with Crippen molar-refractivity contribution in [2.24, 2.45) is 5.73 Å². The zero-order valence-electron chi connectivity index (χ0n) is 8.53. The van der Waals surface area contributed by atoms with Crippen LogP contribution in [0.15, 0.2) is 18.5 Å². The van der Waals surface area contributed by atoms with Crippen molar-refractivity contribution in [2.75, 3.05) is 0 Å². The first kappa shape index (κ1) is 8.85. The fourth-order valence-electron chi connectivity index (χ4n) is 1.81. The number of hydrogen-bond acceptors (Lipinski definition) is 3. The molecule has 1 saturated carbocycles. The third kappa shape index (κ3) is 1.72. The smallest absolute Gasteiger partial charge is 0.107 e. The number of aryl methyl sites for hydroxylation is 1. The van der Waals surface area contributed by atoms with Crippen LogP contribution in [0.5, 0.6) is 0 Å². The molecule has 0 aromatic carbocycles. The minimum Gasteiger partial charge on any atom is -0.341 e. The van der Waals surface area contributed by atoms with E-state index in [2.05, 4.69) is 15.0 Å². The Hall–Kier alpha value is -1.42. The van der Waals surface area contributed by atoms with E-state index in [1.807, 2.05) is 6.07 Å². The molecule has 15 heavy (non-hydrogen) atoms. The van der Waals surface area contributed by atoms with Crippen molar-refractivity contribution < 1.29 is 0 Å². The van der Waals surface area contributed by atoms with E-state index >= 15 is 0 Å². The van der Waals surface area contributed by atoms with Gasteiger partial charge in [0.15, 0.2) is 0 Å². The summed E-state index contributed by atoms with van der Waals surface area (Å²) in [6, 6.07) is 1.92. The van der Waals surface area contributed by atoms with Gasteiger partial charge >= 0.3 is 0 Å². The lowest BCUT2D eigenvalue weighted by atomic mass is 10.1. The molecule has 1 fully saturated rings. The lowest BCUT2D eigenvalue weighted by Gasteiger charge is -2.04. The molecule has 3 N–H and O–H groups in total. The van der Waals surface area contributed by atoms with E-state index in [1.54, 1.807) is 12.4 Å². The van der Waals surface area contributed by atoms with Gasteiger partial charge in [0.25, 0.3) is 0 Å². The van der Waals surface area contributed by atoms with E-state index in [-0.39, 0.29) is 5.54 Å². The molecule has 1 aliphatic carbocycles. The van der Waals surface area contributed by atoms with Crippen molar-refractivity contribution in [3.8, 4) is 0 Å². The van der Waals surface area contributed by atoms with Crippen LogP contribution in [0.1, 0.15) is 25.1 Å². The highest BCUT2D eigenvalue weighted by Gasteiger charge is 2.37. The average molecular weight is 202 g/mol. The van der Waals surface area contributed by atoms with Gasteiger partial charge in [-0.2, -0.15) is 0 Å². The van der Waals surface area contributed by atoms with E-state index in [0.29, 0.717) is 0 Å². The molecule has 2 heterocycles. The Labute approximate surface area is 87.9 Å². The standard InChI is InChI=1S/C11H14N4/c12-11(4-5-11)3-1-10-14-8-2-6-13-7-9(8)15-10/h2,6-7H,1,3-5,12H2,(H,14,15). The van der Waals surface area contributed by atoms with E-state index < -0.39 is 0 Å². The highest BCUT2D eigenvalue weighted by Crippen LogP contribution is 2.36. The van der Waals surface area contributed by atoms with Crippen molar-refractivity contribution in [2.45, 2.75) is 31.2 Å². The number of rotatable bonds is 3. The first-order valence-corrected chi connectivity index (χ1v) is 5.33. The van der Waals surface area contributed by atoms with Gasteiger partial charge in [-0.05, 0) is 25.3 Å². The molecule has 3 rings (SSSR count). The van der Waals surface area contributed by atoms with Crippen LogP contribution in [-0.2, 0) is 6.42 Å². The lowest BCUT2D eigenvalue weighted by molar-refractivity contribution is 0.599. The fraction of sp³-hybridized carbons (Fsp3) is 0.455. The van der Waals surface area contributed by atoms with Gasteiger partial charge in [0, 0.05) is 18.2 Å². The Bertz CT molecular complexity index is 451. The summed E-state index contributed by atoms with van der Waals surface area (Å²) in [5.41, 5.74) is 8.14. The summed E-state index contributed by atoms with van der Waals surface area (Å²) in [7, 11) is 0. The van der Waals surface area contributed by atoms with Crippen molar-refractivity contribution >= 4 is 11.0 Å². The minimum atomic E-state index is 0.108. The second-order valence-corrected chi connectivity index (χ2v) is 4.44. The zero-order valence-corrected chi connectivity index (χ0v) is 8.53. The summed E-state index contributed by atoms with van der Waals surface area (Å²) in [6.45, 7) is 0. The summed E-state index contributed by atoms with van der Waals surface area (Å²) in [4.78, 5) is 11.8. The van der Waals surface area contributed by atoms with Gasteiger partial charge in [-0.1, -0.05) is 0 Å². The average Bonchev–Trinajstić information content (AvgIpc) is 2.83. The Morgan fingerprint density at radius 1 is 1.47 bits per heavy atom. The molecule has 2 aromatic rings. The summed E-state index contributed by atoms with van der Waals surface area (Å²) in [5.74, 6) is 1.02. The molecule has 0 radical (unpaired) electrons. The van der Waals surface area contributed by atoms with Crippen molar-refractivity contribution in [3.63, 3.8) is 0 Å². The Balaban J connectivity index is 1.79. The molecule has 0 spiro atoms. The molecule has 4 nitrogen and oxygen atoms in total. The van der Waals surface area contributed by atoms with Gasteiger partial charge < -0.3 is 10.7 Å². The van der Waals surface area contributed by atoms with Crippen molar-refractivity contribution in [3.05, 3.63) is 24.3 Å². The highest BCUT2D eigenvalue weighted by atomic mass is 14.9. The number of pyridine rings is 1. The molecule has 78 valence electrons. The van der Waals surface area contributed by atoms with Gasteiger partial charge in [0.1, 0.15) is 5.82 Å². The van der Waals surface area contributed by atoms with E-state index in [1.165, 1.54) is 0 Å². The molecule has 2 aromatic heterocycles. The number of nitrogens with two attached hydrogens (primary N) is 1. The van der Waals surface area contributed by atoms with Gasteiger partial charge in [-0.3, -0.25) is 4.98 Å². The molecular weight excluding hydrogens is 188 g/mol. The molecule has 0 atom stereocenters. The number of aromatic amines is 1. The number of H-pyrrole nitrogens is 1. The maximum atomic E-state index is 6.03. The highest BCUT2D eigenvalue weighted by molar-refractivity contribution is 5.73. The number of imidazole rings is 1.